The molecule has 4 nitrogen and oxygen atoms in total. The van der Waals surface area contributed by atoms with Crippen molar-refractivity contribution in [1.29, 1.82) is 0 Å². The Morgan fingerprint density at radius 3 is 2.10 bits per heavy atom. The standard InChI is InChI=1S/C6H13N3O/c1-4(2)5(3-10)9-6(7)8/h3-5H,1-2H3,(H4,7,8,9). The predicted octanol–water partition coefficient (Wildman–Crippen LogP) is -0.517. The van der Waals surface area contributed by atoms with E-state index in [0.717, 1.165) is 6.29 Å². The van der Waals surface area contributed by atoms with Gasteiger partial charge in [-0.3, -0.25) is 0 Å². The quantitative estimate of drug-likeness (QED) is 0.317. The van der Waals surface area contributed by atoms with Gasteiger partial charge in [0.2, 0.25) is 0 Å². The van der Waals surface area contributed by atoms with Gasteiger partial charge in [-0.1, -0.05) is 13.8 Å². The minimum Gasteiger partial charge on any atom is -0.370 e. The Hall–Kier alpha value is -1.06. The molecule has 58 valence electrons. The number of aldehydes is 1. The Morgan fingerprint density at radius 2 is 2.00 bits per heavy atom. The van der Waals surface area contributed by atoms with Crippen molar-refractivity contribution in [1.82, 2.24) is 0 Å². The van der Waals surface area contributed by atoms with Crippen molar-refractivity contribution in [3.63, 3.8) is 0 Å². The van der Waals surface area contributed by atoms with E-state index < -0.39 is 6.04 Å². The van der Waals surface area contributed by atoms with E-state index in [1.807, 2.05) is 13.8 Å². The van der Waals surface area contributed by atoms with E-state index in [9.17, 15) is 4.79 Å². The summed E-state index contributed by atoms with van der Waals surface area (Å²) in [6, 6.07) is -0.398. The summed E-state index contributed by atoms with van der Waals surface area (Å²) >= 11 is 0. The van der Waals surface area contributed by atoms with Crippen LogP contribution in [0.25, 0.3) is 0 Å². The van der Waals surface area contributed by atoms with Gasteiger partial charge in [-0.15, -0.1) is 0 Å². The molecular formula is C6H13N3O. The van der Waals surface area contributed by atoms with Crippen molar-refractivity contribution < 1.29 is 4.79 Å². The first-order valence-corrected chi connectivity index (χ1v) is 3.12. The SMILES string of the molecule is CC(C)C(C=O)N=C(N)N. The molecule has 4 heteroatoms. The first-order chi connectivity index (χ1) is 4.57. The average molecular weight is 143 g/mol. The van der Waals surface area contributed by atoms with Crippen LogP contribution in [0.1, 0.15) is 13.8 Å². The normalized spacial score (nSPS) is 12.7. The van der Waals surface area contributed by atoms with Gasteiger partial charge in [0.15, 0.2) is 5.96 Å². The highest BCUT2D eigenvalue weighted by molar-refractivity contribution is 5.78. The molecule has 4 N–H and O–H groups in total. The summed E-state index contributed by atoms with van der Waals surface area (Å²) in [6.07, 6.45) is 0.740. The summed E-state index contributed by atoms with van der Waals surface area (Å²) in [4.78, 5) is 14.0. The van der Waals surface area contributed by atoms with Crippen molar-refractivity contribution >= 4 is 12.2 Å². The molecule has 0 saturated heterocycles. The van der Waals surface area contributed by atoms with Gasteiger partial charge in [-0.25, -0.2) is 4.99 Å². The largest absolute Gasteiger partial charge is 0.370 e. The van der Waals surface area contributed by atoms with E-state index >= 15 is 0 Å². The maximum atomic E-state index is 10.3. The molecule has 0 aromatic carbocycles. The molecule has 1 unspecified atom stereocenters. The summed E-state index contributed by atoms with van der Waals surface area (Å²) in [5.41, 5.74) is 10.2. The molecule has 0 aromatic heterocycles. The third-order valence-electron chi connectivity index (χ3n) is 1.12. The van der Waals surface area contributed by atoms with Crippen LogP contribution in [0.5, 0.6) is 0 Å². The van der Waals surface area contributed by atoms with E-state index in [1.54, 1.807) is 0 Å². The molecule has 0 aliphatic heterocycles. The molecule has 0 bridgehead atoms. The van der Waals surface area contributed by atoms with E-state index in [2.05, 4.69) is 4.99 Å². The van der Waals surface area contributed by atoms with E-state index in [1.165, 1.54) is 0 Å². The molecule has 0 amide bonds. The van der Waals surface area contributed by atoms with Gasteiger partial charge in [0.25, 0.3) is 0 Å². The maximum absolute atomic E-state index is 10.3. The van der Waals surface area contributed by atoms with Crippen molar-refractivity contribution in [2.45, 2.75) is 19.9 Å². The first-order valence-electron chi connectivity index (χ1n) is 3.12. The number of rotatable bonds is 3. The van der Waals surface area contributed by atoms with Gasteiger partial charge in [0.05, 0.1) is 0 Å². The zero-order chi connectivity index (χ0) is 8.15. The zero-order valence-corrected chi connectivity index (χ0v) is 6.24. The lowest BCUT2D eigenvalue weighted by Crippen LogP contribution is -2.27. The summed E-state index contributed by atoms with van der Waals surface area (Å²) in [6.45, 7) is 3.76. The number of carbonyl (C=O) groups excluding carboxylic acids is 1. The fourth-order valence-electron chi connectivity index (χ4n) is 0.509. The Kier molecular flexibility index (Phi) is 3.46. The number of hydrogen-bond acceptors (Lipinski definition) is 2. The Morgan fingerprint density at radius 1 is 1.50 bits per heavy atom. The molecule has 0 heterocycles. The number of aliphatic imine (C=N–C) groups is 1. The number of hydrogen-bond donors (Lipinski definition) is 2. The second-order valence-electron chi connectivity index (χ2n) is 2.42. The van der Waals surface area contributed by atoms with Gasteiger partial charge in [-0.2, -0.15) is 0 Å². The second kappa shape index (κ2) is 3.87. The summed E-state index contributed by atoms with van der Waals surface area (Å²) in [5.74, 6) is 0.116. The van der Waals surface area contributed by atoms with Crippen LogP contribution in [0.4, 0.5) is 0 Å². The number of nitrogens with zero attached hydrogens (tertiary/aromatic N) is 1. The van der Waals surface area contributed by atoms with Crippen molar-refractivity contribution in [2.24, 2.45) is 22.4 Å². The van der Waals surface area contributed by atoms with Crippen LogP contribution < -0.4 is 11.5 Å². The van der Waals surface area contributed by atoms with Crippen LogP contribution in [-0.2, 0) is 4.79 Å². The predicted molar refractivity (Wildman–Crippen MR) is 40.5 cm³/mol. The molecule has 0 radical (unpaired) electrons. The molecule has 0 aromatic rings. The zero-order valence-electron chi connectivity index (χ0n) is 6.24. The maximum Gasteiger partial charge on any atom is 0.186 e. The lowest BCUT2D eigenvalue weighted by molar-refractivity contribution is -0.109. The van der Waals surface area contributed by atoms with Gasteiger partial charge in [-0.05, 0) is 5.92 Å². The van der Waals surface area contributed by atoms with Crippen molar-refractivity contribution in [2.75, 3.05) is 0 Å². The summed E-state index contributed by atoms with van der Waals surface area (Å²) in [5, 5.41) is 0. The van der Waals surface area contributed by atoms with Crippen LogP contribution in [-0.4, -0.2) is 18.3 Å². The molecule has 0 spiro atoms. The Bertz CT molecular complexity index is 138. The van der Waals surface area contributed by atoms with Gasteiger partial charge < -0.3 is 16.3 Å². The van der Waals surface area contributed by atoms with Crippen LogP contribution >= 0.6 is 0 Å². The second-order valence-corrected chi connectivity index (χ2v) is 2.42. The molecule has 0 aliphatic rings. The average Bonchev–Trinajstić information content (AvgIpc) is 1.81. The minimum atomic E-state index is -0.398. The third kappa shape index (κ3) is 3.06. The van der Waals surface area contributed by atoms with Gasteiger partial charge >= 0.3 is 0 Å². The summed E-state index contributed by atoms with van der Waals surface area (Å²) < 4.78 is 0. The Balaban J connectivity index is 4.09. The monoisotopic (exact) mass is 143 g/mol. The molecule has 0 rings (SSSR count). The van der Waals surface area contributed by atoms with Crippen molar-refractivity contribution in [3.8, 4) is 0 Å². The van der Waals surface area contributed by atoms with E-state index in [-0.39, 0.29) is 11.9 Å². The van der Waals surface area contributed by atoms with Crippen LogP contribution in [0.2, 0.25) is 0 Å². The van der Waals surface area contributed by atoms with E-state index in [4.69, 9.17) is 11.5 Å². The van der Waals surface area contributed by atoms with Crippen molar-refractivity contribution in [3.05, 3.63) is 0 Å². The van der Waals surface area contributed by atoms with E-state index in [0.29, 0.717) is 0 Å². The molecule has 0 saturated carbocycles. The van der Waals surface area contributed by atoms with Crippen LogP contribution in [0.3, 0.4) is 0 Å². The van der Waals surface area contributed by atoms with Gasteiger partial charge in [0.1, 0.15) is 12.3 Å². The fraction of sp³-hybridized carbons (Fsp3) is 0.667. The van der Waals surface area contributed by atoms with Gasteiger partial charge in [0, 0.05) is 0 Å². The first kappa shape index (κ1) is 8.94. The minimum absolute atomic E-state index is 0.0363. The topological polar surface area (TPSA) is 81.5 Å². The Labute approximate surface area is 60.3 Å². The molecule has 0 fully saturated rings. The highest BCUT2D eigenvalue weighted by Gasteiger charge is 2.09. The van der Waals surface area contributed by atoms with Crippen LogP contribution in [0, 0.1) is 5.92 Å². The lowest BCUT2D eigenvalue weighted by Gasteiger charge is -2.07. The third-order valence-corrected chi connectivity index (χ3v) is 1.12. The number of carbonyl (C=O) groups is 1. The molecular weight excluding hydrogens is 130 g/mol. The summed E-state index contributed by atoms with van der Waals surface area (Å²) in [7, 11) is 0. The molecule has 0 aliphatic carbocycles. The fourth-order valence-corrected chi connectivity index (χ4v) is 0.509. The number of guanidine groups is 1. The molecule has 1 atom stereocenters. The highest BCUT2D eigenvalue weighted by atomic mass is 16.1. The lowest BCUT2D eigenvalue weighted by atomic mass is 10.1. The molecule has 10 heavy (non-hydrogen) atoms. The highest BCUT2D eigenvalue weighted by Crippen LogP contribution is 2.01. The smallest absolute Gasteiger partial charge is 0.186 e. The number of nitrogens with two attached hydrogens (primary N) is 2. The van der Waals surface area contributed by atoms with Crippen LogP contribution in [0.15, 0.2) is 4.99 Å².